The second-order valence-electron chi connectivity index (χ2n) is 4.73. The Balaban J connectivity index is 2.25. The largest absolute Gasteiger partial charge is 0.314 e. The van der Waals surface area contributed by atoms with Gasteiger partial charge in [0.25, 0.3) is 0 Å². The Morgan fingerprint density at radius 3 is 2.78 bits per heavy atom. The van der Waals surface area contributed by atoms with Crippen LogP contribution in [0.25, 0.3) is 0 Å². The van der Waals surface area contributed by atoms with Crippen molar-refractivity contribution in [2.75, 3.05) is 26.2 Å². The number of hydrogen-bond acceptors (Lipinski definition) is 2. The van der Waals surface area contributed by atoms with Crippen LogP contribution in [0.5, 0.6) is 0 Å². The molecule has 1 aliphatic heterocycles. The van der Waals surface area contributed by atoms with E-state index in [0.29, 0.717) is 0 Å². The third kappa shape index (κ3) is 3.02. The first-order valence-electron chi connectivity index (χ1n) is 6.62. The van der Waals surface area contributed by atoms with E-state index in [-0.39, 0.29) is 16.9 Å². The van der Waals surface area contributed by atoms with Crippen LogP contribution in [0.2, 0.25) is 5.02 Å². The van der Waals surface area contributed by atoms with Gasteiger partial charge < -0.3 is 5.32 Å². The van der Waals surface area contributed by atoms with Gasteiger partial charge in [0.05, 0.1) is 5.02 Å². The fourth-order valence-electron chi connectivity index (χ4n) is 2.58. The minimum Gasteiger partial charge on any atom is -0.314 e. The molecule has 0 radical (unpaired) electrons. The van der Waals surface area contributed by atoms with Gasteiger partial charge in [0.2, 0.25) is 0 Å². The average Bonchev–Trinajstić information content (AvgIpc) is 2.41. The van der Waals surface area contributed by atoms with Crippen LogP contribution in [0.1, 0.15) is 31.4 Å². The average molecular weight is 271 g/mol. The third-order valence-electron chi connectivity index (χ3n) is 3.49. The fraction of sp³-hybridized carbons (Fsp3) is 0.571. The topological polar surface area (TPSA) is 15.3 Å². The van der Waals surface area contributed by atoms with Crippen molar-refractivity contribution in [2.45, 2.75) is 25.8 Å². The highest BCUT2D eigenvalue weighted by atomic mass is 35.5. The van der Waals surface area contributed by atoms with Gasteiger partial charge >= 0.3 is 0 Å². The maximum absolute atomic E-state index is 13.6. The van der Waals surface area contributed by atoms with Crippen molar-refractivity contribution in [1.82, 2.24) is 10.2 Å². The first kappa shape index (κ1) is 13.8. The smallest absolute Gasteiger partial charge is 0.142 e. The monoisotopic (exact) mass is 270 g/mol. The van der Waals surface area contributed by atoms with Crippen LogP contribution in [0.15, 0.2) is 18.2 Å². The lowest BCUT2D eigenvalue weighted by Crippen LogP contribution is -2.45. The zero-order valence-corrected chi connectivity index (χ0v) is 11.5. The quantitative estimate of drug-likeness (QED) is 0.904. The molecule has 1 fully saturated rings. The molecule has 0 spiro atoms. The van der Waals surface area contributed by atoms with E-state index in [4.69, 9.17) is 11.6 Å². The van der Waals surface area contributed by atoms with Crippen LogP contribution in [0, 0.1) is 5.82 Å². The Bertz CT molecular complexity index is 391. The Morgan fingerprint density at radius 1 is 1.39 bits per heavy atom. The van der Waals surface area contributed by atoms with Crippen molar-refractivity contribution in [3.05, 3.63) is 34.6 Å². The van der Waals surface area contributed by atoms with Gasteiger partial charge in [-0.25, -0.2) is 4.39 Å². The Hall–Kier alpha value is -0.640. The van der Waals surface area contributed by atoms with Gasteiger partial charge in [0.1, 0.15) is 5.82 Å². The maximum Gasteiger partial charge on any atom is 0.142 e. The van der Waals surface area contributed by atoms with Crippen LogP contribution >= 0.6 is 11.6 Å². The fourth-order valence-corrected chi connectivity index (χ4v) is 2.83. The molecule has 18 heavy (non-hydrogen) atoms. The van der Waals surface area contributed by atoms with Crippen LogP contribution < -0.4 is 5.32 Å². The summed E-state index contributed by atoms with van der Waals surface area (Å²) in [4.78, 5) is 2.40. The molecule has 1 aliphatic rings. The van der Waals surface area contributed by atoms with Crippen LogP contribution in [-0.4, -0.2) is 31.1 Å². The van der Waals surface area contributed by atoms with E-state index in [2.05, 4.69) is 17.1 Å². The molecule has 1 atom stereocenters. The van der Waals surface area contributed by atoms with Gasteiger partial charge in [0.15, 0.2) is 0 Å². The van der Waals surface area contributed by atoms with Crippen molar-refractivity contribution in [3.8, 4) is 0 Å². The minimum absolute atomic E-state index is 0.236. The lowest BCUT2D eigenvalue weighted by atomic mass is 9.99. The first-order valence-corrected chi connectivity index (χ1v) is 7.00. The standard InChI is InChI=1S/C14H20ClFN2/c1-2-4-13(18-9-7-17-8-10-18)11-5-3-6-12(16)14(11)15/h3,5-6,13,17H,2,4,7-10H2,1H3/t13-/m1/s1. The second kappa shape index (κ2) is 6.50. The molecule has 1 aromatic carbocycles. The molecule has 0 aromatic heterocycles. The molecule has 0 aliphatic carbocycles. The summed E-state index contributed by atoms with van der Waals surface area (Å²) in [6.07, 6.45) is 2.09. The summed E-state index contributed by atoms with van der Waals surface area (Å²) < 4.78 is 13.6. The number of piperazine rings is 1. The summed E-state index contributed by atoms with van der Waals surface area (Å²) in [5, 5.41) is 3.63. The molecule has 2 rings (SSSR count). The first-order chi connectivity index (χ1) is 8.74. The highest BCUT2D eigenvalue weighted by Crippen LogP contribution is 2.32. The number of rotatable bonds is 4. The van der Waals surface area contributed by atoms with Crippen molar-refractivity contribution >= 4 is 11.6 Å². The third-order valence-corrected chi connectivity index (χ3v) is 3.89. The normalized spacial score (nSPS) is 18.8. The summed E-state index contributed by atoms with van der Waals surface area (Å²) >= 11 is 6.13. The number of nitrogens with one attached hydrogen (secondary N) is 1. The van der Waals surface area contributed by atoms with Gasteiger partial charge in [-0.2, -0.15) is 0 Å². The molecular weight excluding hydrogens is 251 g/mol. The molecule has 0 unspecified atom stereocenters. The highest BCUT2D eigenvalue weighted by Gasteiger charge is 2.24. The molecule has 1 aromatic rings. The summed E-state index contributed by atoms with van der Waals surface area (Å²) in [7, 11) is 0. The lowest BCUT2D eigenvalue weighted by molar-refractivity contribution is 0.164. The predicted molar refractivity (Wildman–Crippen MR) is 73.5 cm³/mol. The van der Waals surface area contributed by atoms with Crippen LogP contribution in [-0.2, 0) is 0 Å². The number of benzene rings is 1. The summed E-state index contributed by atoms with van der Waals surface area (Å²) in [6.45, 7) is 6.14. The van der Waals surface area contributed by atoms with E-state index in [0.717, 1.165) is 44.6 Å². The van der Waals surface area contributed by atoms with E-state index in [1.165, 1.54) is 6.07 Å². The van der Waals surface area contributed by atoms with Crippen molar-refractivity contribution in [1.29, 1.82) is 0 Å². The SMILES string of the molecule is CCC[C@H](c1cccc(F)c1Cl)N1CCNCC1. The van der Waals surface area contributed by atoms with Gasteiger partial charge in [0, 0.05) is 32.2 Å². The van der Waals surface area contributed by atoms with Gasteiger partial charge in [-0.3, -0.25) is 4.90 Å². The van der Waals surface area contributed by atoms with E-state index in [1.54, 1.807) is 6.07 Å². The number of halogens is 2. The summed E-state index contributed by atoms with van der Waals surface area (Å²) in [5.74, 6) is -0.314. The number of hydrogen-bond donors (Lipinski definition) is 1. The van der Waals surface area contributed by atoms with Gasteiger partial charge in [-0.1, -0.05) is 37.1 Å². The molecule has 1 N–H and O–H groups in total. The zero-order chi connectivity index (χ0) is 13.0. The van der Waals surface area contributed by atoms with Gasteiger partial charge in [-0.15, -0.1) is 0 Å². The maximum atomic E-state index is 13.6. The molecule has 100 valence electrons. The lowest BCUT2D eigenvalue weighted by Gasteiger charge is -2.35. The molecule has 0 saturated carbocycles. The van der Waals surface area contributed by atoms with Crippen molar-refractivity contribution in [3.63, 3.8) is 0 Å². The Morgan fingerprint density at radius 2 is 2.11 bits per heavy atom. The van der Waals surface area contributed by atoms with E-state index >= 15 is 0 Å². The predicted octanol–water partition coefficient (Wildman–Crippen LogP) is 3.23. The zero-order valence-electron chi connectivity index (χ0n) is 10.8. The molecule has 1 saturated heterocycles. The van der Waals surface area contributed by atoms with Crippen LogP contribution in [0.3, 0.4) is 0 Å². The Kier molecular flexibility index (Phi) is 4.98. The highest BCUT2D eigenvalue weighted by molar-refractivity contribution is 6.31. The van der Waals surface area contributed by atoms with Crippen molar-refractivity contribution < 1.29 is 4.39 Å². The Labute approximate surface area is 113 Å². The van der Waals surface area contributed by atoms with Crippen LogP contribution in [0.4, 0.5) is 4.39 Å². The van der Waals surface area contributed by atoms with Gasteiger partial charge in [-0.05, 0) is 18.1 Å². The minimum atomic E-state index is -0.314. The summed E-state index contributed by atoms with van der Waals surface area (Å²) in [5.41, 5.74) is 0.931. The molecule has 0 bridgehead atoms. The summed E-state index contributed by atoms with van der Waals surface area (Å²) in [6, 6.07) is 5.36. The molecule has 2 nitrogen and oxygen atoms in total. The van der Waals surface area contributed by atoms with E-state index < -0.39 is 0 Å². The van der Waals surface area contributed by atoms with E-state index in [1.807, 2.05) is 6.07 Å². The molecule has 4 heteroatoms. The second-order valence-corrected chi connectivity index (χ2v) is 5.11. The van der Waals surface area contributed by atoms with Crippen molar-refractivity contribution in [2.24, 2.45) is 0 Å². The van der Waals surface area contributed by atoms with E-state index in [9.17, 15) is 4.39 Å². The molecule has 0 amide bonds. The molecule has 1 heterocycles. The number of nitrogens with zero attached hydrogens (tertiary/aromatic N) is 1. The molecular formula is C14H20ClFN2.